The van der Waals surface area contributed by atoms with Gasteiger partial charge in [0, 0.05) is 10.9 Å². The summed E-state index contributed by atoms with van der Waals surface area (Å²) in [5.74, 6) is 0.585. The fourth-order valence-corrected chi connectivity index (χ4v) is 8.29. The van der Waals surface area contributed by atoms with E-state index in [0.717, 1.165) is 60.7 Å². The van der Waals surface area contributed by atoms with E-state index in [1.165, 1.54) is 11.1 Å². The van der Waals surface area contributed by atoms with Gasteiger partial charge in [-0.1, -0.05) is 17.2 Å². The summed E-state index contributed by atoms with van der Waals surface area (Å²) in [6.07, 6.45) is 9.14. The molecule has 3 aliphatic rings. The normalized spacial score (nSPS) is 35.9. The fraction of sp³-hybridized carbons (Fsp3) is 0.519. The molecule has 1 saturated heterocycles. The molecule has 0 bridgehead atoms. The molecule has 0 spiro atoms. The Morgan fingerprint density at radius 3 is 2.53 bits per heavy atom. The summed E-state index contributed by atoms with van der Waals surface area (Å²) in [6.45, 7) is 5.64. The molecule has 4 rings (SSSR count). The summed E-state index contributed by atoms with van der Waals surface area (Å²) in [5, 5.41) is 0.914. The zero-order chi connectivity index (χ0) is 24.5. The highest BCUT2D eigenvalue weighted by molar-refractivity contribution is 8.13. The fourth-order valence-electron chi connectivity index (χ4n) is 4.90. The van der Waals surface area contributed by atoms with Gasteiger partial charge < -0.3 is 18.5 Å². The van der Waals surface area contributed by atoms with Crippen LogP contribution in [0.2, 0.25) is 0 Å². The van der Waals surface area contributed by atoms with Gasteiger partial charge in [-0.25, -0.2) is 4.79 Å². The van der Waals surface area contributed by atoms with Crippen molar-refractivity contribution in [2.75, 3.05) is 7.11 Å². The van der Waals surface area contributed by atoms with Crippen LogP contribution in [0.5, 0.6) is 5.75 Å². The average molecular weight is 503 g/mol. The number of allylic oxidation sites excluding steroid dienone is 3. The molecular formula is C27H35O5PS. The summed E-state index contributed by atoms with van der Waals surface area (Å²) in [4.78, 5) is 12.2. The monoisotopic (exact) mass is 502 g/mol. The average Bonchev–Trinajstić information content (AvgIpc) is 3.22. The minimum atomic E-state index is -2.64. The van der Waals surface area contributed by atoms with Crippen molar-refractivity contribution in [3.63, 3.8) is 0 Å². The number of hydrogen-bond acceptors (Lipinski definition) is 6. The molecule has 2 heterocycles. The van der Waals surface area contributed by atoms with Gasteiger partial charge in [-0.15, -0.1) is 0 Å². The molecule has 1 aromatic rings. The van der Waals surface area contributed by atoms with E-state index in [1.807, 2.05) is 31.2 Å². The van der Waals surface area contributed by atoms with Crippen LogP contribution in [0.25, 0.3) is 0 Å². The quantitative estimate of drug-likeness (QED) is 0.269. The van der Waals surface area contributed by atoms with Crippen molar-refractivity contribution in [3.05, 3.63) is 58.7 Å². The number of rotatable bonds is 2. The number of hydrogen-bond donors (Lipinski definition) is 0. The maximum atomic E-state index is 12.2. The molecule has 34 heavy (non-hydrogen) atoms. The molecule has 0 aromatic heterocycles. The first-order valence-electron chi connectivity index (χ1n) is 12.0. The molecule has 184 valence electrons. The molecule has 1 fully saturated rings. The topological polar surface area (TPSA) is 54.0 Å². The van der Waals surface area contributed by atoms with E-state index in [9.17, 15) is 4.79 Å². The van der Waals surface area contributed by atoms with Crippen LogP contribution in [0.15, 0.2) is 58.7 Å². The molecular weight excluding hydrogens is 467 g/mol. The van der Waals surface area contributed by atoms with Crippen LogP contribution in [0.4, 0.5) is 0 Å². The Kier molecular flexibility index (Phi) is 7.54. The van der Waals surface area contributed by atoms with E-state index < -0.39 is 12.1 Å². The lowest BCUT2D eigenvalue weighted by Crippen LogP contribution is -2.36. The molecule has 1 aromatic carbocycles. The highest BCUT2D eigenvalue weighted by atomic mass is 32.5. The number of esters is 1. The van der Waals surface area contributed by atoms with Gasteiger partial charge in [-0.3, -0.25) is 0 Å². The minimum absolute atomic E-state index is 0.108. The van der Waals surface area contributed by atoms with Gasteiger partial charge in [-0.05, 0) is 114 Å². The lowest BCUT2D eigenvalue weighted by atomic mass is 9.88. The van der Waals surface area contributed by atoms with Crippen molar-refractivity contribution in [3.8, 4) is 5.75 Å². The van der Waals surface area contributed by atoms with Crippen molar-refractivity contribution in [1.29, 1.82) is 0 Å². The maximum Gasteiger partial charge on any atom is 0.334 e. The van der Waals surface area contributed by atoms with E-state index in [1.54, 1.807) is 7.11 Å². The van der Waals surface area contributed by atoms with Gasteiger partial charge in [0.25, 0.3) is 0 Å². The smallest absolute Gasteiger partial charge is 0.334 e. The molecule has 1 unspecified atom stereocenters. The molecule has 0 N–H and O–H groups in total. The van der Waals surface area contributed by atoms with Crippen LogP contribution in [0.1, 0.15) is 66.2 Å². The first-order chi connectivity index (χ1) is 16.1. The molecule has 1 aliphatic carbocycles. The Hall–Kier alpha value is -1.72. The van der Waals surface area contributed by atoms with Crippen LogP contribution < -0.4 is 10.0 Å². The zero-order valence-corrected chi connectivity index (χ0v) is 22.5. The Bertz CT molecular complexity index is 1090. The number of carbonyl (C=O) groups excluding carboxylic acids is 1. The van der Waals surface area contributed by atoms with E-state index in [4.69, 9.17) is 30.3 Å². The highest BCUT2D eigenvalue weighted by Crippen LogP contribution is 2.61. The van der Waals surface area contributed by atoms with E-state index in [-0.39, 0.29) is 18.2 Å². The van der Waals surface area contributed by atoms with Gasteiger partial charge in [0.1, 0.15) is 11.9 Å². The summed E-state index contributed by atoms with van der Waals surface area (Å²) in [7, 11) is 1.65. The van der Waals surface area contributed by atoms with Gasteiger partial charge in [0.05, 0.1) is 18.8 Å². The third-order valence-corrected chi connectivity index (χ3v) is 10.4. The second-order valence-corrected chi connectivity index (χ2v) is 13.2. The van der Waals surface area contributed by atoms with Crippen LogP contribution >= 0.6 is 6.49 Å². The zero-order valence-electron chi connectivity index (χ0n) is 20.8. The summed E-state index contributed by atoms with van der Waals surface area (Å²) in [6, 6.07) is 7.74. The van der Waals surface area contributed by atoms with Crippen molar-refractivity contribution in [2.24, 2.45) is 0 Å². The van der Waals surface area contributed by atoms with Crippen LogP contribution in [-0.2, 0) is 30.4 Å². The third-order valence-electron chi connectivity index (χ3n) is 7.19. The molecule has 0 saturated carbocycles. The standard InChI is InChI=1S/C27H35O5PS/c1-18-7-6-16-27(4)25(31-33(34,32-27)22-12-10-21(29-5)11-13-22)15-9-19(2)17-24-23(14-8-18)20(3)26(28)30-24/h7,10-13,17,24-25H,6,8-9,14-16H2,1-5H3/b18-7-,19-17+/t24-,25-,27-,33?/m0/s1. The number of carbonyl (C=O) groups is 1. The SMILES string of the molecule is COc1ccc(P2(=S)O[C@H]3CC/C(C)=C/[C@@H]4OC(=O)C(C)=C4CC/C(C)=C\CC[C@]3(C)O2)cc1. The molecule has 0 radical (unpaired) electrons. The summed E-state index contributed by atoms with van der Waals surface area (Å²) < 4.78 is 24.2. The number of benzene rings is 1. The number of methoxy groups -OCH3 is 1. The van der Waals surface area contributed by atoms with Gasteiger partial charge in [0.2, 0.25) is 6.49 Å². The summed E-state index contributed by atoms with van der Waals surface area (Å²) >= 11 is 6.02. The molecule has 5 nitrogen and oxygen atoms in total. The number of ether oxygens (including phenoxy) is 2. The van der Waals surface area contributed by atoms with Crippen molar-refractivity contribution in [1.82, 2.24) is 0 Å². The molecule has 0 amide bonds. The maximum absolute atomic E-state index is 12.2. The number of fused-ring (bicyclic) bond motifs is 2. The summed E-state index contributed by atoms with van der Waals surface area (Å²) in [5.41, 5.74) is 3.90. The Morgan fingerprint density at radius 2 is 1.82 bits per heavy atom. The molecule has 2 aliphatic heterocycles. The molecule has 7 heteroatoms. The predicted octanol–water partition coefficient (Wildman–Crippen LogP) is 6.29. The van der Waals surface area contributed by atoms with Gasteiger partial charge in [-0.2, -0.15) is 0 Å². The van der Waals surface area contributed by atoms with E-state index in [0.29, 0.717) is 0 Å². The van der Waals surface area contributed by atoms with Crippen LogP contribution in [-0.4, -0.2) is 30.9 Å². The largest absolute Gasteiger partial charge is 0.497 e. The van der Waals surface area contributed by atoms with Gasteiger partial charge >= 0.3 is 5.97 Å². The van der Waals surface area contributed by atoms with Crippen LogP contribution in [0.3, 0.4) is 0 Å². The van der Waals surface area contributed by atoms with Gasteiger partial charge in [0.15, 0.2) is 0 Å². The lowest BCUT2D eigenvalue weighted by Gasteiger charge is -2.28. The Morgan fingerprint density at radius 1 is 1.09 bits per heavy atom. The second kappa shape index (κ2) is 10.1. The lowest BCUT2D eigenvalue weighted by molar-refractivity contribution is -0.138. The van der Waals surface area contributed by atoms with Crippen molar-refractivity contribution in [2.45, 2.75) is 84.0 Å². The second-order valence-electron chi connectivity index (χ2n) is 9.81. The molecule has 4 atom stereocenters. The van der Waals surface area contributed by atoms with Crippen LogP contribution in [0, 0.1) is 0 Å². The third kappa shape index (κ3) is 5.26. The highest BCUT2D eigenvalue weighted by Gasteiger charge is 2.49. The van der Waals surface area contributed by atoms with E-state index in [2.05, 4.69) is 32.9 Å². The minimum Gasteiger partial charge on any atom is -0.497 e. The Balaban J connectivity index is 1.61. The predicted molar refractivity (Wildman–Crippen MR) is 139 cm³/mol. The Labute approximate surface area is 208 Å². The first kappa shape index (κ1) is 25.4. The van der Waals surface area contributed by atoms with E-state index >= 15 is 0 Å². The van der Waals surface area contributed by atoms with Crippen molar-refractivity contribution >= 4 is 29.6 Å². The first-order valence-corrected chi connectivity index (χ1v) is 14.6. The van der Waals surface area contributed by atoms with Crippen molar-refractivity contribution < 1.29 is 23.3 Å².